The third-order valence-electron chi connectivity index (χ3n) is 2.82. The van der Waals surface area contributed by atoms with Gasteiger partial charge in [-0.3, -0.25) is 9.59 Å². The summed E-state index contributed by atoms with van der Waals surface area (Å²) in [4.78, 5) is 22.5. The van der Waals surface area contributed by atoms with E-state index in [0.29, 0.717) is 5.02 Å². The Bertz CT molecular complexity index is 465. The number of hydrogen-bond donors (Lipinski definition) is 2. The van der Waals surface area contributed by atoms with Gasteiger partial charge in [-0.15, -0.1) is 0 Å². The lowest BCUT2D eigenvalue weighted by molar-refractivity contribution is -0.140. The lowest BCUT2D eigenvalue weighted by Crippen LogP contribution is -2.36. The van der Waals surface area contributed by atoms with E-state index < -0.39 is 0 Å². The van der Waals surface area contributed by atoms with Crippen LogP contribution in [-0.2, 0) is 14.3 Å². The number of methoxy groups -OCH3 is 1. The van der Waals surface area contributed by atoms with Gasteiger partial charge in [0.25, 0.3) is 0 Å². The van der Waals surface area contributed by atoms with Crippen LogP contribution < -0.4 is 10.6 Å². The first-order valence-corrected chi connectivity index (χ1v) is 6.73. The zero-order valence-corrected chi connectivity index (χ0v) is 12.4. The van der Waals surface area contributed by atoms with Crippen LogP contribution in [0.5, 0.6) is 0 Å². The molecule has 0 aromatic heterocycles. The molecular weight excluding hydrogens is 280 g/mol. The first-order chi connectivity index (χ1) is 9.54. The number of rotatable bonds is 7. The SMILES string of the molecule is COC(=O)CCNC(=O)CNC(C)c1ccccc1Cl. The molecule has 2 N–H and O–H groups in total. The summed E-state index contributed by atoms with van der Waals surface area (Å²) < 4.78 is 4.48. The van der Waals surface area contributed by atoms with Gasteiger partial charge in [0.05, 0.1) is 20.1 Å². The standard InChI is InChI=1S/C14H19ClN2O3/c1-10(11-5-3-4-6-12(11)15)17-9-13(18)16-8-7-14(19)20-2/h3-6,10,17H,7-9H2,1-2H3,(H,16,18). The normalized spacial score (nSPS) is 11.8. The molecule has 6 heteroatoms. The van der Waals surface area contributed by atoms with E-state index in [9.17, 15) is 9.59 Å². The van der Waals surface area contributed by atoms with Gasteiger partial charge >= 0.3 is 5.97 Å². The van der Waals surface area contributed by atoms with Gasteiger partial charge in [-0.1, -0.05) is 29.8 Å². The van der Waals surface area contributed by atoms with Crippen molar-refractivity contribution in [2.75, 3.05) is 20.2 Å². The molecule has 1 aromatic rings. The summed E-state index contributed by atoms with van der Waals surface area (Å²) in [6.45, 7) is 2.37. The smallest absolute Gasteiger partial charge is 0.307 e. The van der Waals surface area contributed by atoms with E-state index in [1.54, 1.807) is 0 Å². The highest BCUT2D eigenvalue weighted by molar-refractivity contribution is 6.31. The maximum absolute atomic E-state index is 11.6. The zero-order chi connectivity index (χ0) is 15.0. The van der Waals surface area contributed by atoms with Crippen LogP contribution in [0.1, 0.15) is 24.9 Å². The van der Waals surface area contributed by atoms with Crippen molar-refractivity contribution in [3.63, 3.8) is 0 Å². The maximum Gasteiger partial charge on any atom is 0.307 e. The lowest BCUT2D eigenvalue weighted by Gasteiger charge is -2.15. The summed E-state index contributed by atoms with van der Waals surface area (Å²) in [5.41, 5.74) is 0.941. The van der Waals surface area contributed by atoms with Gasteiger partial charge in [0, 0.05) is 17.6 Å². The fraction of sp³-hybridized carbons (Fsp3) is 0.429. The minimum atomic E-state index is -0.345. The molecule has 0 fully saturated rings. The zero-order valence-electron chi connectivity index (χ0n) is 11.6. The van der Waals surface area contributed by atoms with Crippen molar-refractivity contribution in [1.82, 2.24) is 10.6 Å². The van der Waals surface area contributed by atoms with Gasteiger partial charge in [-0.05, 0) is 18.6 Å². The van der Waals surface area contributed by atoms with Gasteiger partial charge < -0.3 is 15.4 Å². The number of nitrogens with one attached hydrogen (secondary N) is 2. The predicted molar refractivity (Wildman–Crippen MR) is 77.5 cm³/mol. The molecule has 1 rings (SSSR count). The molecule has 110 valence electrons. The van der Waals surface area contributed by atoms with Crippen LogP contribution >= 0.6 is 11.6 Å². The maximum atomic E-state index is 11.6. The van der Waals surface area contributed by atoms with Crippen LogP contribution in [0.25, 0.3) is 0 Å². The molecule has 0 bridgehead atoms. The third kappa shape index (κ3) is 5.59. The van der Waals surface area contributed by atoms with E-state index in [1.807, 2.05) is 31.2 Å². The third-order valence-corrected chi connectivity index (χ3v) is 3.16. The Hall–Kier alpha value is -1.59. The number of carbonyl (C=O) groups excluding carboxylic acids is 2. The molecule has 0 heterocycles. The van der Waals surface area contributed by atoms with Gasteiger partial charge in [-0.2, -0.15) is 0 Å². The van der Waals surface area contributed by atoms with Crippen LogP contribution in [0.4, 0.5) is 0 Å². The van der Waals surface area contributed by atoms with Gasteiger partial charge in [0.15, 0.2) is 0 Å². The van der Waals surface area contributed by atoms with E-state index in [-0.39, 0.29) is 37.4 Å². The summed E-state index contributed by atoms with van der Waals surface area (Å²) in [6.07, 6.45) is 0.169. The molecule has 5 nitrogen and oxygen atoms in total. The Morgan fingerprint density at radius 2 is 2.05 bits per heavy atom. The highest BCUT2D eigenvalue weighted by Gasteiger charge is 2.10. The van der Waals surface area contributed by atoms with E-state index in [4.69, 9.17) is 11.6 Å². The number of halogens is 1. The van der Waals surface area contributed by atoms with E-state index in [2.05, 4.69) is 15.4 Å². The summed E-state index contributed by atoms with van der Waals surface area (Å²) in [6, 6.07) is 7.45. The molecule has 0 aliphatic rings. The van der Waals surface area contributed by atoms with Crippen molar-refractivity contribution in [2.24, 2.45) is 0 Å². The number of esters is 1. The molecule has 1 aromatic carbocycles. The Morgan fingerprint density at radius 1 is 1.35 bits per heavy atom. The van der Waals surface area contributed by atoms with Crippen molar-refractivity contribution in [2.45, 2.75) is 19.4 Å². The van der Waals surface area contributed by atoms with Crippen LogP contribution in [0.2, 0.25) is 5.02 Å². The summed E-state index contributed by atoms with van der Waals surface area (Å²) in [5, 5.41) is 6.38. The minimum absolute atomic E-state index is 0.0324. The minimum Gasteiger partial charge on any atom is -0.469 e. The number of benzene rings is 1. The number of hydrogen-bond acceptors (Lipinski definition) is 4. The van der Waals surface area contributed by atoms with Crippen LogP contribution in [0, 0.1) is 0 Å². The van der Waals surface area contributed by atoms with Crippen LogP contribution in [0.15, 0.2) is 24.3 Å². The monoisotopic (exact) mass is 298 g/mol. The summed E-state index contributed by atoms with van der Waals surface area (Å²) >= 11 is 6.08. The fourth-order valence-electron chi connectivity index (χ4n) is 1.65. The Labute approximate surface area is 123 Å². The Kier molecular flexibility index (Phi) is 7.04. The molecule has 1 atom stereocenters. The average molecular weight is 299 g/mol. The molecule has 1 unspecified atom stereocenters. The van der Waals surface area contributed by atoms with Crippen molar-refractivity contribution in [1.29, 1.82) is 0 Å². The van der Waals surface area contributed by atoms with Crippen molar-refractivity contribution < 1.29 is 14.3 Å². The Morgan fingerprint density at radius 3 is 2.70 bits per heavy atom. The molecule has 0 aliphatic carbocycles. The fourth-order valence-corrected chi connectivity index (χ4v) is 1.95. The Balaban J connectivity index is 2.30. The largest absolute Gasteiger partial charge is 0.469 e. The van der Waals surface area contributed by atoms with Crippen LogP contribution in [-0.4, -0.2) is 32.1 Å². The first-order valence-electron chi connectivity index (χ1n) is 6.36. The van der Waals surface area contributed by atoms with E-state index in [1.165, 1.54) is 7.11 Å². The van der Waals surface area contributed by atoms with Crippen molar-refractivity contribution in [3.8, 4) is 0 Å². The predicted octanol–water partition coefficient (Wildman–Crippen LogP) is 1.67. The molecule has 20 heavy (non-hydrogen) atoms. The molecule has 0 spiro atoms. The average Bonchev–Trinajstić information content (AvgIpc) is 2.45. The molecule has 0 saturated heterocycles. The molecule has 0 saturated carbocycles. The quantitative estimate of drug-likeness (QED) is 0.752. The van der Waals surface area contributed by atoms with Crippen molar-refractivity contribution in [3.05, 3.63) is 34.9 Å². The number of amides is 1. The van der Waals surface area contributed by atoms with Gasteiger partial charge in [-0.25, -0.2) is 0 Å². The highest BCUT2D eigenvalue weighted by atomic mass is 35.5. The second kappa shape index (κ2) is 8.55. The van der Waals surface area contributed by atoms with E-state index >= 15 is 0 Å². The lowest BCUT2D eigenvalue weighted by atomic mass is 10.1. The second-order valence-corrected chi connectivity index (χ2v) is 4.71. The van der Waals surface area contributed by atoms with Gasteiger partial charge in [0.2, 0.25) is 5.91 Å². The number of carbonyl (C=O) groups is 2. The van der Waals surface area contributed by atoms with E-state index in [0.717, 1.165) is 5.56 Å². The molecule has 0 radical (unpaired) electrons. The molecular formula is C14H19ClN2O3. The summed E-state index contributed by atoms with van der Waals surface area (Å²) in [7, 11) is 1.32. The van der Waals surface area contributed by atoms with Gasteiger partial charge in [0.1, 0.15) is 0 Å². The molecule has 1 amide bonds. The second-order valence-electron chi connectivity index (χ2n) is 4.30. The number of ether oxygens (including phenoxy) is 1. The van der Waals surface area contributed by atoms with Crippen LogP contribution in [0.3, 0.4) is 0 Å². The molecule has 0 aliphatic heterocycles. The van der Waals surface area contributed by atoms with Crippen molar-refractivity contribution >= 4 is 23.5 Å². The summed E-state index contributed by atoms with van der Waals surface area (Å²) in [5.74, 6) is -0.518. The first kappa shape index (κ1) is 16.5. The topological polar surface area (TPSA) is 67.4 Å². The highest BCUT2D eigenvalue weighted by Crippen LogP contribution is 2.21.